The zero-order valence-corrected chi connectivity index (χ0v) is 20.0. The summed E-state index contributed by atoms with van der Waals surface area (Å²) in [4.78, 5) is 32.4. The first kappa shape index (κ1) is 23.8. The second-order valence-corrected chi connectivity index (χ2v) is 9.51. The average molecular weight is 501 g/mol. The van der Waals surface area contributed by atoms with Crippen molar-refractivity contribution in [1.29, 1.82) is 0 Å². The van der Waals surface area contributed by atoms with Crippen molar-refractivity contribution in [2.75, 3.05) is 12.4 Å². The minimum Gasteiger partial charge on any atom is -0.507 e. The van der Waals surface area contributed by atoms with Crippen molar-refractivity contribution in [1.82, 2.24) is 4.90 Å². The normalized spacial score (nSPS) is 19.4. The van der Waals surface area contributed by atoms with E-state index in [4.69, 9.17) is 4.74 Å². The Bertz CT molecular complexity index is 1290. The van der Waals surface area contributed by atoms with Crippen LogP contribution >= 0.6 is 11.8 Å². The van der Waals surface area contributed by atoms with E-state index in [0.717, 1.165) is 11.1 Å². The highest BCUT2D eigenvalue weighted by Gasteiger charge is 2.54. The van der Waals surface area contributed by atoms with Gasteiger partial charge in [-0.15, -0.1) is 11.8 Å². The largest absolute Gasteiger partial charge is 0.507 e. The second-order valence-electron chi connectivity index (χ2n) is 8.41. The van der Waals surface area contributed by atoms with E-state index in [1.807, 2.05) is 60.7 Å². The molecule has 8 heteroatoms. The average Bonchev–Trinajstić information content (AvgIpc) is 2.92. The summed E-state index contributed by atoms with van der Waals surface area (Å²) in [7, 11) is 0. The van der Waals surface area contributed by atoms with Gasteiger partial charge < -0.3 is 14.9 Å². The number of hydrogen-bond acceptors (Lipinski definition) is 7. The van der Waals surface area contributed by atoms with Crippen LogP contribution < -0.4 is 0 Å². The number of β-lactam (4-membered cyclic amide) rings is 1. The number of aliphatic hydroxyl groups excluding tert-OH is 1. The van der Waals surface area contributed by atoms with Gasteiger partial charge in [-0.3, -0.25) is 14.7 Å². The molecule has 1 amide bonds. The summed E-state index contributed by atoms with van der Waals surface area (Å²) in [6.07, 6.45) is 0.798. The maximum Gasteiger partial charge on any atom is 0.356 e. The molecule has 0 saturated carbocycles. The van der Waals surface area contributed by atoms with Crippen LogP contribution in [-0.2, 0) is 14.3 Å². The fourth-order valence-corrected chi connectivity index (χ4v) is 5.61. The van der Waals surface area contributed by atoms with Crippen molar-refractivity contribution in [3.05, 3.63) is 113 Å². The zero-order valence-electron chi connectivity index (χ0n) is 19.2. The van der Waals surface area contributed by atoms with E-state index in [9.17, 15) is 19.8 Å². The summed E-state index contributed by atoms with van der Waals surface area (Å²) in [5.74, 6) is -0.577. The highest BCUT2D eigenvalue weighted by Crippen LogP contribution is 2.42. The maximum atomic E-state index is 13.5. The lowest BCUT2D eigenvalue weighted by atomic mass is 10.0. The number of benzene rings is 3. The Balaban J connectivity index is 1.41. The van der Waals surface area contributed by atoms with E-state index in [-0.39, 0.29) is 24.0 Å². The van der Waals surface area contributed by atoms with Crippen LogP contribution in [0.4, 0.5) is 0 Å². The summed E-state index contributed by atoms with van der Waals surface area (Å²) in [5.41, 5.74) is 2.62. The zero-order chi connectivity index (χ0) is 25.1. The summed E-state index contributed by atoms with van der Waals surface area (Å²) in [6.45, 7) is -0.360. The van der Waals surface area contributed by atoms with Gasteiger partial charge in [-0.1, -0.05) is 72.8 Å². The van der Waals surface area contributed by atoms with Crippen LogP contribution in [0.1, 0.15) is 22.8 Å². The van der Waals surface area contributed by atoms with Crippen LogP contribution in [-0.4, -0.2) is 57.0 Å². The molecule has 7 nitrogen and oxygen atoms in total. The van der Waals surface area contributed by atoms with Crippen molar-refractivity contribution in [3.8, 4) is 5.75 Å². The SMILES string of the molecule is O=C(OC(c1ccccc1)c1ccccc1)C1=C(CO)CS[C@@H]2C(/N=C/c3ccccc3O)C(=O)N12. The monoisotopic (exact) mass is 500 g/mol. The van der Waals surface area contributed by atoms with Crippen LogP contribution in [0.2, 0.25) is 0 Å². The van der Waals surface area contributed by atoms with Gasteiger partial charge in [0.25, 0.3) is 5.91 Å². The van der Waals surface area contributed by atoms with E-state index in [2.05, 4.69) is 4.99 Å². The number of rotatable bonds is 7. The van der Waals surface area contributed by atoms with Gasteiger partial charge in [-0.25, -0.2) is 4.79 Å². The summed E-state index contributed by atoms with van der Waals surface area (Å²) < 4.78 is 5.99. The van der Waals surface area contributed by atoms with Gasteiger partial charge in [0.05, 0.1) is 6.61 Å². The molecule has 5 rings (SSSR count). The fourth-order valence-electron chi connectivity index (χ4n) is 4.28. The molecule has 2 aliphatic heterocycles. The number of carbonyl (C=O) groups excluding carboxylic acids is 2. The van der Waals surface area contributed by atoms with Crippen molar-refractivity contribution in [2.24, 2.45) is 4.99 Å². The molecule has 2 aliphatic rings. The van der Waals surface area contributed by atoms with Crippen molar-refractivity contribution >= 4 is 29.9 Å². The third-order valence-electron chi connectivity index (χ3n) is 6.14. The standard InChI is InChI=1S/C28H24N2O5S/c31-16-21-17-36-27-23(29-15-20-13-7-8-14-22(20)32)26(33)30(27)24(21)28(34)35-25(18-9-3-1-4-10-18)19-11-5-2-6-12-19/h1-15,23,25,27,31-32H,16-17H2/b29-15+/t23?,27-/m1/s1. The highest BCUT2D eigenvalue weighted by molar-refractivity contribution is 8.00. The molecule has 1 fully saturated rings. The Labute approximate surface area is 212 Å². The van der Waals surface area contributed by atoms with Gasteiger partial charge in [0.2, 0.25) is 0 Å². The molecule has 0 radical (unpaired) electrons. The Hall–Kier alpha value is -3.88. The van der Waals surface area contributed by atoms with E-state index >= 15 is 0 Å². The third-order valence-corrected chi connectivity index (χ3v) is 7.47. The van der Waals surface area contributed by atoms with E-state index in [0.29, 0.717) is 16.9 Å². The molecule has 3 aromatic rings. The molecule has 3 aromatic carbocycles. The number of esters is 1. The lowest BCUT2D eigenvalue weighted by molar-refractivity contribution is -0.153. The number of para-hydroxylation sites is 1. The molecule has 2 N–H and O–H groups in total. The molecule has 0 spiro atoms. The molecular weight excluding hydrogens is 476 g/mol. The topological polar surface area (TPSA) is 99.4 Å². The Kier molecular flexibility index (Phi) is 6.88. The number of fused-ring (bicyclic) bond motifs is 1. The number of thioether (sulfide) groups is 1. The van der Waals surface area contributed by atoms with Crippen molar-refractivity contribution in [2.45, 2.75) is 17.5 Å². The van der Waals surface area contributed by atoms with Crippen LogP contribution in [0, 0.1) is 0 Å². The highest BCUT2D eigenvalue weighted by atomic mass is 32.2. The predicted octanol–water partition coefficient (Wildman–Crippen LogP) is 3.67. The number of ether oxygens (including phenoxy) is 1. The first-order valence-electron chi connectivity index (χ1n) is 11.5. The molecule has 36 heavy (non-hydrogen) atoms. The minimum absolute atomic E-state index is 0.0702. The van der Waals surface area contributed by atoms with Gasteiger partial charge >= 0.3 is 5.97 Å². The lowest BCUT2D eigenvalue weighted by Crippen LogP contribution is -2.64. The molecule has 1 unspecified atom stereocenters. The number of phenols is 1. The predicted molar refractivity (Wildman–Crippen MR) is 138 cm³/mol. The molecule has 1 saturated heterocycles. The number of phenolic OH excluding ortho intramolecular Hbond substituents is 1. The minimum atomic E-state index is -0.698. The maximum absolute atomic E-state index is 13.5. The Morgan fingerprint density at radius 3 is 2.25 bits per heavy atom. The number of hydrogen-bond donors (Lipinski definition) is 2. The van der Waals surface area contributed by atoms with Gasteiger partial charge in [0, 0.05) is 17.5 Å². The Morgan fingerprint density at radius 1 is 1.03 bits per heavy atom. The Morgan fingerprint density at radius 2 is 1.64 bits per heavy atom. The van der Waals surface area contributed by atoms with Gasteiger partial charge in [0.1, 0.15) is 16.8 Å². The number of aromatic hydroxyl groups is 1. The summed E-state index contributed by atoms with van der Waals surface area (Å²) in [5, 5.41) is 19.5. The van der Waals surface area contributed by atoms with Crippen molar-refractivity contribution < 1.29 is 24.5 Å². The number of carbonyl (C=O) groups is 2. The second kappa shape index (κ2) is 10.4. The quantitative estimate of drug-likeness (QED) is 0.292. The lowest BCUT2D eigenvalue weighted by Gasteiger charge is -2.48. The molecule has 0 aromatic heterocycles. The van der Waals surface area contributed by atoms with E-state index < -0.39 is 23.5 Å². The van der Waals surface area contributed by atoms with Crippen LogP contribution in [0.5, 0.6) is 5.75 Å². The van der Waals surface area contributed by atoms with E-state index in [1.54, 1.807) is 24.3 Å². The van der Waals surface area contributed by atoms with Gasteiger partial charge in [-0.05, 0) is 28.8 Å². The number of nitrogens with zero attached hydrogens (tertiary/aromatic N) is 2. The molecule has 0 bridgehead atoms. The number of amides is 1. The third kappa shape index (κ3) is 4.53. The molecule has 0 aliphatic carbocycles. The van der Waals surface area contributed by atoms with Crippen LogP contribution in [0.15, 0.2) is 101 Å². The molecule has 2 heterocycles. The van der Waals surface area contributed by atoms with Gasteiger partial charge in [-0.2, -0.15) is 0 Å². The molecule has 2 atom stereocenters. The van der Waals surface area contributed by atoms with E-state index in [1.165, 1.54) is 22.9 Å². The molecule has 182 valence electrons. The number of aliphatic hydroxyl groups is 1. The first-order valence-corrected chi connectivity index (χ1v) is 12.5. The fraction of sp³-hybridized carbons (Fsp3) is 0.179. The molecular formula is C28H24N2O5S. The van der Waals surface area contributed by atoms with Crippen molar-refractivity contribution in [3.63, 3.8) is 0 Å². The van der Waals surface area contributed by atoms with Crippen LogP contribution in [0.3, 0.4) is 0 Å². The summed E-state index contributed by atoms with van der Waals surface area (Å²) in [6, 6.07) is 24.8. The smallest absolute Gasteiger partial charge is 0.356 e. The first-order chi connectivity index (χ1) is 17.6. The summed E-state index contributed by atoms with van der Waals surface area (Å²) >= 11 is 1.43. The number of aliphatic imine (C=N–C) groups is 1. The van der Waals surface area contributed by atoms with Gasteiger partial charge in [0.15, 0.2) is 12.1 Å². The van der Waals surface area contributed by atoms with Crippen LogP contribution in [0.25, 0.3) is 0 Å².